The second kappa shape index (κ2) is 6.96. The molecule has 0 unspecified atom stereocenters. The van der Waals surface area contributed by atoms with Crippen molar-refractivity contribution in [3.05, 3.63) is 52.8 Å². The van der Waals surface area contributed by atoms with E-state index in [4.69, 9.17) is 26.3 Å². The van der Waals surface area contributed by atoms with Gasteiger partial charge in [0.05, 0.1) is 24.2 Å². The molecule has 0 aliphatic heterocycles. The smallest absolute Gasteiger partial charge is 0.142 e. The SMILES string of the molecule is COc1cc(COc2ccc(C)nc2CCl)ccc1C#N. The molecule has 4 nitrogen and oxygen atoms in total. The van der Waals surface area contributed by atoms with Gasteiger partial charge in [-0.05, 0) is 36.8 Å². The third-order valence-electron chi connectivity index (χ3n) is 2.98. The van der Waals surface area contributed by atoms with Crippen LogP contribution in [-0.2, 0) is 12.5 Å². The molecule has 5 heteroatoms. The van der Waals surface area contributed by atoms with Gasteiger partial charge in [0.1, 0.15) is 24.2 Å². The van der Waals surface area contributed by atoms with Crippen molar-refractivity contribution in [3.63, 3.8) is 0 Å². The highest BCUT2D eigenvalue weighted by atomic mass is 35.5. The van der Waals surface area contributed by atoms with Gasteiger partial charge in [0.15, 0.2) is 0 Å². The Balaban J connectivity index is 2.15. The highest BCUT2D eigenvalue weighted by Gasteiger charge is 2.07. The van der Waals surface area contributed by atoms with Crippen molar-refractivity contribution in [2.45, 2.75) is 19.4 Å². The summed E-state index contributed by atoms with van der Waals surface area (Å²) in [4.78, 5) is 4.34. The number of alkyl halides is 1. The molecule has 0 radical (unpaired) electrons. The summed E-state index contributed by atoms with van der Waals surface area (Å²) >= 11 is 5.87. The van der Waals surface area contributed by atoms with Crippen molar-refractivity contribution in [2.75, 3.05) is 7.11 Å². The van der Waals surface area contributed by atoms with Crippen molar-refractivity contribution in [1.29, 1.82) is 5.26 Å². The lowest BCUT2D eigenvalue weighted by Crippen LogP contribution is -2.01. The standard InChI is InChI=1S/C16H15ClN2O2/c1-11-3-6-15(14(8-17)19-11)21-10-12-4-5-13(9-18)16(7-12)20-2/h3-7H,8,10H2,1-2H3. The molecule has 1 heterocycles. The highest BCUT2D eigenvalue weighted by molar-refractivity contribution is 6.17. The summed E-state index contributed by atoms with van der Waals surface area (Å²) < 4.78 is 10.9. The van der Waals surface area contributed by atoms with Gasteiger partial charge in [0.25, 0.3) is 0 Å². The first-order valence-corrected chi connectivity index (χ1v) is 6.93. The maximum atomic E-state index is 8.96. The molecule has 0 bridgehead atoms. The molecular weight excluding hydrogens is 288 g/mol. The minimum absolute atomic E-state index is 0.299. The van der Waals surface area contributed by atoms with E-state index in [2.05, 4.69) is 11.1 Å². The molecule has 0 saturated carbocycles. The fourth-order valence-corrected chi connectivity index (χ4v) is 2.10. The van der Waals surface area contributed by atoms with Crippen molar-refractivity contribution < 1.29 is 9.47 Å². The van der Waals surface area contributed by atoms with Crippen LogP contribution in [0.15, 0.2) is 30.3 Å². The van der Waals surface area contributed by atoms with E-state index in [1.807, 2.05) is 25.1 Å². The zero-order valence-corrected chi connectivity index (χ0v) is 12.6. The number of ether oxygens (including phenoxy) is 2. The summed E-state index contributed by atoms with van der Waals surface area (Å²) in [7, 11) is 1.54. The van der Waals surface area contributed by atoms with Crippen molar-refractivity contribution in [1.82, 2.24) is 4.98 Å². The molecule has 108 valence electrons. The van der Waals surface area contributed by atoms with E-state index < -0.39 is 0 Å². The van der Waals surface area contributed by atoms with Crippen molar-refractivity contribution >= 4 is 11.6 Å². The normalized spacial score (nSPS) is 10.0. The molecule has 0 spiro atoms. The molecule has 2 rings (SSSR count). The lowest BCUT2D eigenvalue weighted by Gasteiger charge is -2.11. The van der Waals surface area contributed by atoms with Crippen LogP contribution in [0.3, 0.4) is 0 Å². The summed E-state index contributed by atoms with van der Waals surface area (Å²) in [6, 6.07) is 11.2. The first kappa shape index (κ1) is 15.1. The van der Waals surface area contributed by atoms with E-state index >= 15 is 0 Å². The lowest BCUT2D eigenvalue weighted by molar-refractivity contribution is 0.301. The van der Waals surface area contributed by atoms with Crippen LogP contribution in [0.25, 0.3) is 0 Å². The largest absolute Gasteiger partial charge is 0.495 e. The van der Waals surface area contributed by atoms with E-state index in [1.165, 1.54) is 7.11 Å². The Labute approximate surface area is 128 Å². The molecule has 0 saturated heterocycles. The predicted octanol–water partition coefficient (Wildman–Crippen LogP) is 3.59. The zero-order chi connectivity index (χ0) is 15.2. The van der Waals surface area contributed by atoms with Crippen LogP contribution in [-0.4, -0.2) is 12.1 Å². The molecule has 0 fully saturated rings. The second-order valence-corrected chi connectivity index (χ2v) is 4.73. The van der Waals surface area contributed by atoms with Gasteiger partial charge in [-0.3, -0.25) is 4.98 Å². The highest BCUT2D eigenvalue weighted by Crippen LogP contribution is 2.23. The number of hydrogen-bond acceptors (Lipinski definition) is 4. The lowest BCUT2D eigenvalue weighted by atomic mass is 10.1. The molecule has 1 aromatic heterocycles. The number of rotatable bonds is 5. The van der Waals surface area contributed by atoms with Gasteiger partial charge in [0.2, 0.25) is 0 Å². The van der Waals surface area contributed by atoms with E-state index in [0.717, 1.165) is 17.0 Å². The van der Waals surface area contributed by atoms with Crippen LogP contribution >= 0.6 is 11.6 Å². The molecule has 2 aromatic rings. The molecule has 0 atom stereocenters. The Morgan fingerprint density at radius 1 is 1.24 bits per heavy atom. The number of aromatic nitrogens is 1. The van der Waals surface area contributed by atoms with Gasteiger partial charge >= 0.3 is 0 Å². The van der Waals surface area contributed by atoms with E-state index in [-0.39, 0.29) is 0 Å². The molecule has 1 aromatic carbocycles. The Morgan fingerprint density at radius 2 is 2.05 bits per heavy atom. The number of halogens is 1. The molecule has 21 heavy (non-hydrogen) atoms. The number of pyridine rings is 1. The first-order valence-electron chi connectivity index (χ1n) is 6.40. The minimum Gasteiger partial charge on any atom is -0.495 e. The Bertz CT molecular complexity index is 680. The minimum atomic E-state index is 0.299. The summed E-state index contributed by atoms with van der Waals surface area (Å²) in [5, 5.41) is 8.96. The first-order chi connectivity index (χ1) is 10.2. The van der Waals surface area contributed by atoms with Crippen molar-refractivity contribution in [3.8, 4) is 17.6 Å². The Hall–Kier alpha value is -2.25. The van der Waals surface area contributed by atoms with Gasteiger partial charge in [0, 0.05) is 5.69 Å². The average molecular weight is 303 g/mol. The average Bonchev–Trinajstić information content (AvgIpc) is 2.53. The van der Waals surface area contributed by atoms with E-state index in [9.17, 15) is 0 Å². The quantitative estimate of drug-likeness (QED) is 0.792. The number of methoxy groups -OCH3 is 1. The second-order valence-electron chi connectivity index (χ2n) is 4.47. The molecule has 0 N–H and O–H groups in total. The third-order valence-corrected chi connectivity index (χ3v) is 3.23. The predicted molar refractivity (Wildman–Crippen MR) is 80.6 cm³/mol. The molecule has 0 aliphatic rings. The van der Waals surface area contributed by atoms with E-state index in [0.29, 0.717) is 29.5 Å². The fourth-order valence-electron chi connectivity index (χ4n) is 1.90. The monoisotopic (exact) mass is 302 g/mol. The number of aryl methyl sites for hydroxylation is 1. The van der Waals surface area contributed by atoms with Gasteiger partial charge in [-0.2, -0.15) is 5.26 Å². The Kier molecular flexibility index (Phi) is 5.02. The van der Waals surface area contributed by atoms with Crippen LogP contribution in [0.2, 0.25) is 0 Å². The van der Waals surface area contributed by atoms with E-state index in [1.54, 1.807) is 12.1 Å². The van der Waals surface area contributed by atoms with Crippen molar-refractivity contribution in [2.24, 2.45) is 0 Å². The van der Waals surface area contributed by atoms with Crippen LogP contribution in [0, 0.1) is 18.3 Å². The Morgan fingerprint density at radius 3 is 2.71 bits per heavy atom. The summed E-state index contributed by atoms with van der Waals surface area (Å²) in [6.07, 6.45) is 0. The topological polar surface area (TPSA) is 55.1 Å². The summed E-state index contributed by atoms with van der Waals surface area (Å²) in [5.74, 6) is 1.50. The third kappa shape index (κ3) is 3.65. The number of benzene rings is 1. The summed E-state index contributed by atoms with van der Waals surface area (Å²) in [6.45, 7) is 2.27. The van der Waals surface area contributed by atoms with Gasteiger partial charge < -0.3 is 9.47 Å². The maximum Gasteiger partial charge on any atom is 0.142 e. The fraction of sp³-hybridized carbons (Fsp3) is 0.250. The number of hydrogen-bond donors (Lipinski definition) is 0. The zero-order valence-electron chi connectivity index (χ0n) is 11.9. The van der Waals surface area contributed by atoms with Gasteiger partial charge in [-0.15, -0.1) is 11.6 Å². The molecular formula is C16H15ClN2O2. The van der Waals surface area contributed by atoms with Crippen LogP contribution in [0.5, 0.6) is 11.5 Å². The number of nitrogens with zero attached hydrogens (tertiary/aromatic N) is 2. The maximum absolute atomic E-state index is 8.96. The summed E-state index contributed by atoms with van der Waals surface area (Å²) in [5.41, 5.74) is 3.03. The molecule has 0 amide bonds. The van der Waals surface area contributed by atoms with Crippen LogP contribution in [0.1, 0.15) is 22.5 Å². The number of nitriles is 1. The van der Waals surface area contributed by atoms with Crippen LogP contribution < -0.4 is 9.47 Å². The molecule has 0 aliphatic carbocycles. The van der Waals surface area contributed by atoms with Crippen LogP contribution in [0.4, 0.5) is 0 Å². The van der Waals surface area contributed by atoms with Gasteiger partial charge in [-0.25, -0.2) is 0 Å². The van der Waals surface area contributed by atoms with Gasteiger partial charge in [-0.1, -0.05) is 6.07 Å².